The molecule has 0 fully saturated rings. The Kier molecular flexibility index (Phi) is 4.89. The summed E-state index contributed by atoms with van der Waals surface area (Å²) in [5, 5.41) is 12.0. The Labute approximate surface area is 99.3 Å². The third kappa shape index (κ3) is 3.57. The SMILES string of the molecule is CCOC(=O)c1csc([C@@H](O)CC(C)C)n1. The van der Waals surface area contributed by atoms with Crippen LogP contribution in [-0.4, -0.2) is 22.7 Å². The first-order chi connectivity index (χ1) is 7.54. The Morgan fingerprint density at radius 1 is 1.62 bits per heavy atom. The first kappa shape index (κ1) is 13.1. The van der Waals surface area contributed by atoms with E-state index in [4.69, 9.17) is 4.74 Å². The van der Waals surface area contributed by atoms with Gasteiger partial charge in [0.15, 0.2) is 5.69 Å². The van der Waals surface area contributed by atoms with E-state index in [0.29, 0.717) is 24.0 Å². The number of rotatable bonds is 5. The summed E-state index contributed by atoms with van der Waals surface area (Å²) in [7, 11) is 0. The van der Waals surface area contributed by atoms with E-state index in [1.54, 1.807) is 12.3 Å². The fraction of sp³-hybridized carbons (Fsp3) is 0.636. The van der Waals surface area contributed by atoms with E-state index in [0.717, 1.165) is 0 Å². The van der Waals surface area contributed by atoms with Crippen molar-refractivity contribution in [2.75, 3.05) is 6.61 Å². The van der Waals surface area contributed by atoms with Gasteiger partial charge in [0, 0.05) is 5.38 Å². The molecule has 90 valence electrons. The molecule has 0 radical (unpaired) electrons. The van der Waals surface area contributed by atoms with Crippen LogP contribution in [0.3, 0.4) is 0 Å². The molecule has 0 unspecified atom stereocenters. The van der Waals surface area contributed by atoms with Crippen LogP contribution < -0.4 is 0 Å². The van der Waals surface area contributed by atoms with Crippen LogP contribution >= 0.6 is 11.3 Å². The summed E-state index contributed by atoms with van der Waals surface area (Å²) >= 11 is 1.29. The van der Waals surface area contributed by atoms with Crippen molar-refractivity contribution in [2.24, 2.45) is 5.92 Å². The first-order valence-corrected chi connectivity index (χ1v) is 6.23. The lowest BCUT2D eigenvalue weighted by molar-refractivity contribution is 0.0519. The molecule has 0 spiro atoms. The highest BCUT2D eigenvalue weighted by Crippen LogP contribution is 2.24. The molecular formula is C11H17NO3S. The van der Waals surface area contributed by atoms with Gasteiger partial charge in [-0.1, -0.05) is 13.8 Å². The zero-order valence-corrected chi connectivity index (χ0v) is 10.6. The summed E-state index contributed by atoms with van der Waals surface area (Å²) in [5.74, 6) is -0.0355. The number of carbonyl (C=O) groups excluding carboxylic acids is 1. The van der Waals surface area contributed by atoms with E-state index < -0.39 is 12.1 Å². The summed E-state index contributed by atoms with van der Waals surface area (Å²) in [6, 6.07) is 0. The van der Waals surface area contributed by atoms with Crippen LogP contribution in [0.25, 0.3) is 0 Å². The number of aromatic nitrogens is 1. The van der Waals surface area contributed by atoms with E-state index in [-0.39, 0.29) is 5.69 Å². The van der Waals surface area contributed by atoms with Crippen molar-refractivity contribution in [1.29, 1.82) is 0 Å². The number of nitrogens with zero attached hydrogens (tertiary/aromatic N) is 1. The molecule has 1 heterocycles. The molecule has 1 N–H and O–H groups in total. The second kappa shape index (κ2) is 5.96. The van der Waals surface area contributed by atoms with Gasteiger partial charge in [0.2, 0.25) is 0 Å². The monoisotopic (exact) mass is 243 g/mol. The molecule has 0 aliphatic heterocycles. The van der Waals surface area contributed by atoms with E-state index >= 15 is 0 Å². The van der Waals surface area contributed by atoms with Crippen molar-refractivity contribution in [3.05, 3.63) is 16.1 Å². The first-order valence-electron chi connectivity index (χ1n) is 5.35. The molecule has 0 amide bonds. The van der Waals surface area contributed by atoms with Crippen LogP contribution in [0.4, 0.5) is 0 Å². The van der Waals surface area contributed by atoms with Crippen molar-refractivity contribution >= 4 is 17.3 Å². The minimum absolute atomic E-state index is 0.282. The fourth-order valence-electron chi connectivity index (χ4n) is 1.29. The van der Waals surface area contributed by atoms with Gasteiger partial charge in [-0.15, -0.1) is 11.3 Å². The van der Waals surface area contributed by atoms with E-state index in [1.165, 1.54) is 11.3 Å². The molecule has 16 heavy (non-hydrogen) atoms. The third-order valence-electron chi connectivity index (χ3n) is 1.99. The normalized spacial score (nSPS) is 12.8. The van der Waals surface area contributed by atoms with Crippen molar-refractivity contribution in [1.82, 2.24) is 4.98 Å². The lowest BCUT2D eigenvalue weighted by Gasteiger charge is -2.09. The zero-order valence-electron chi connectivity index (χ0n) is 9.77. The number of thiazole rings is 1. The van der Waals surface area contributed by atoms with Gasteiger partial charge in [-0.3, -0.25) is 0 Å². The summed E-state index contributed by atoms with van der Waals surface area (Å²) in [6.07, 6.45) is 0.0589. The van der Waals surface area contributed by atoms with E-state index in [2.05, 4.69) is 4.98 Å². The smallest absolute Gasteiger partial charge is 0.357 e. The van der Waals surface area contributed by atoms with Crippen LogP contribution in [0.15, 0.2) is 5.38 Å². The molecule has 0 aliphatic carbocycles. The molecule has 1 rings (SSSR count). The lowest BCUT2D eigenvalue weighted by Crippen LogP contribution is -2.06. The fourth-order valence-corrected chi connectivity index (χ4v) is 2.07. The predicted molar refractivity (Wildman–Crippen MR) is 62.5 cm³/mol. The van der Waals surface area contributed by atoms with Crippen molar-refractivity contribution in [3.63, 3.8) is 0 Å². The zero-order chi connectivity index (χ0) is 12.1. The van der Waals surface area contributed by atoms with Gasteiger partial charge in [0.1, 0.15) is 11.1 Å². The van der Waals surface area contributed by atoms with Gasteiger partial charge in [-0.05, 0) is 19.3 Å². The van der Waals surface area contributed by atoms with Gasteiger partial charge < -0.3 is 9.84 Å². The Hall–Kier alpha value is -0.940. The topological polar surface area (TPSA) is 59.4 Å². The minimum Gasteiger partial charge on any atom is -0.461 e. The standard InChI is InChI=1S/C11H17NO3S/c1-4-15-11(14)8-6-16-10(12-8)9(13)5-7(2)3/h6-7,9,13H,4-5H2,1-3H3/t9-/m0/s1. The summed E-state index contributed by atoms with van der Waals surface area (Å²) in [6.45, 7) is 6.14. The minimum atomic E-state index is -0.590. The molecule has 5 heteroatoms. The van der Waals surface area contributed by atoms with Crippen LogP contribution in [0.2, 0.25) is 0 Å². The maximum atomic E-state index is 11.3. The highest BCUT2D eigenvalue weighted by molar-refractivity contribution is 7.09. The Morgan fingerprint density at radius 2 is 2.31 bits per heavy atom. The molecule has 0 bridgehead atoms. The maximum Gasteiger partial charge on any atom is 0.357 e. The number of aliphatic hydroxyl groups excluding tert-OH is 1. The Morgan fingerprint density at radius 3 is 2.88 bits per heavy atom. The summed E-state index contributed by atoms with van der Waals surface area (Å²) < 4.78 is 4.83. The Balaban J connectivity index is 2.67. The van der Waals surface area contributed by atoms with Crippen LogP contribution in [0, 0.1) is 5.92 Å². The summed E-state index contributed by atoms with van der Waals surface area (Å²) in [4.78, 5) is 15.4. The van der Waals surface area contributed by atoms with Crippen molar-refractivity contribution in [3.8, 4) is 0 Å². The van der Waals surface area contributed by atoms with Crippen LogP contribution in [0.1, 0.15) is 48.8 Å². The van der Waals surface area contributed by atoms with E-state index in [1.807, 2.05) is 13.8 Å². The average Bonchev–Trinajstić information content (AvgIpc) is 2.65. The molecule has 0 saturated heterocycles. The van der Waals surface area contributed by atoms with Crippen LogP contribution in [0.5, 0.6) is 0 Å². The van der Waals surface area contributed by atoms with Crippen molar-refractivity contribution in [2.45, 2.75) is 33.3 Å². The second-order valence-electron chi connectivity index (χ2n) is 3.94. The van der Waals surface area contributed by atoms with E-state index in [9.17, 15) is 9.90 Å². The lowest BCUT2D eigenvalue weighted by atomic mass is 10.1. The Bertz CT molecular complexity index is 349. The van der Waals surface area contributed by atoms with Gasteiger partial charge in [-0.25, -0.2) is 9.78 Å². The largest absolute Gasteiger partial charge is 0.461 e. The number of hydrogen-bond donors (Lipinski definition) is 1. The quantitative estimate of drug-likeness (QED) is 0.807. The predicted octanol–water partition coefficient (Wildman–Crippen LogP) is 2.40. The van der Waals surface area contributed by atoms with Gasteiger partial charge in [0.25, 0.3) is 0 Å². The third-order valence-corrected chi connectivity index (χ3v) is 2.93. The molecular weight excluding hydrogens is 226 g/mol. The number of hydrogen-bond acceptors (Lipinski definition) is 5. The molecule has 1 aromatic heterocycles. The number of ether oxygens (including phenoxy) is 1. The van der Waals surface area contributed by atoms with Crippen LogP contribution in [-0.2, 0) is 4.74 Å². The highest BCUT2D eigenvalue weighted by Gasteiger charge is 2.17. The molecule has 0 aromatic carbocycles. The number of carbonyl (C=O) groups is 1. The van der Waals surface area contributed by atoms with Gasteiger partial charge in [0.05, 0.1) is 6.61 Å². The van der Waals surface area contributed by atoms with Gasteiger partial charge >= 0.3 is 5.97 Å². The molecule has 0 aliphatic rings. The molecule has 1 aromatic rings. The molecule has 1 atom stereocenters. The number of aliphatic hydroxyl groups is 1. The second-order valence-corrected chi connectivity index (χ2v) is 4.83. The molecule has 0 saturated carbocycles. The summed E-state index contributed by atoms with van der Waals surface area (Å²) in [5.41, 5.74) is 0.282. The number of esters is 1. The highest BCUT2D eigenvalue weighted by atomic mass is 32.1. The maximum absolute atomic E-state index is 11.3. The van der Waals surface area contributed by atoms with Gasteiger partial charge in [-0.2, -0.15) is 0 Å². The molecule has 4 nitrogen and oxygen atoms in total. The van der Waals surface area contributed by atoms with Crippen molar-refractivity contribution < 1.29 is 14.6 Å². The average molecular weight is 243 g/mol.